The zero-order valence-corrected chi connectivity index (χ0v) is 15.0. The van der Waals surface area contributed by atoms with E-state index in [2.05, 4.69) is 15.4 Å². The minimum absolute atomic E-state index is 0.145. The number of amides is 1. The minimum atomic E-state index is -0.267. The van der Waals surface area contributed by atoms with E-state index < -0.39 is 0 Å². The molecule has 130 valence electrons. The van der Waals surface area contributed by atoms with Gasteiger partial charge in [0.2, 0.25) is 0 Å². The number of nitrogens with one attached hydrogen (secondary N) is 1. The maximum Gasteiger partial charge on any atom is 0.271 e. The number of aliphatic hydroxyl groups is 1. The van der Waals surface area contributed by atoms with E-state index in [0.29, 0.717) is 18.5 Å². The Balaban J connectivity index is 1.72. The number of nitrogens with zero attached hydrogens (tertiary/aromatic N) is 4. The molecule has 1 aliphatic rings. The summed E-state index contributed by atoms with van der Waals surface area (Å²) in [7, 11) is 5.80. The quantitative estimate of drug-likeness (QED) is 0.818. The summed E-state index contributed by atoms with van der Waals surface area (Å²) in [5.74, 6) is 0.0551. The molecule has 1 atom stereocenters. The summed E-state index contributed by atoms with van der Waals surface area (Å²) in [6, 6.07) is -0.145. The Labute approximate surface area is 145 Å². The average molecular weight is 349 g/mol. The van der Waals surface area contributed by atoms with Crippen LogP contribution >= 0.6 is 11.3 Å². The van der Waals surface area contributed by atoms with Crippen molar-refractivity contribution < 1.29 is 9.90 Å². The molecule has 2 aromatic heterocycles. The molecule has 0 spiro atoms. The zero-order valence-electron chi connectivity index (χ0n) is 14.1. The summed E-state index contributed by atoms with van der Waals surface area (Å²) in [6.45, 7) is 0.721. The van der Waals surface area contributed by atoms with E-state index in [9.17, 15) is 9.90 Å². The van der Waals surface area contributed by atoms with Crippen LogP contribution in [-0.2, 0) is 13.6 Å². The first kappa shape index (κ1) is 17.1. The van der Waals surface area contributed by atoms with Gasteiger partial charge < -0.3 is 15.3 Å². The topological polar surface area (TPSA) is 83.3 Å². The molecule has 1 amide bonds. The third-order valence-corrected chi connectivity index (χ3v) is 5.06. The van der Waals surface area contributed by atoms with Crippen molar-refractivity contribution in [3.05, 3.63) is 34.0 Å². The van der Waals surface area contributed by atoms with Gasteiger partial charge >= 0.3 is 0 Å². The van der Waals surface area contributed by atoms with Crippen LogP contribution in [-0.4, -0.2) is 50.9 Å². The molecule has 24 heavy (non-hydrogen) atoms. The largest absolute Gasteiger partial charge is 0.393 e. The van der Waals surface area contributed by atoms with Crippen molar-refractivity contribution >= 4 is 17.2 Å². The van der Waals surface area contributed by atoms with Gasteiger partial charge in [-0.3, -0.25) is 9.48 Å². The third kappa shape index (κ3) is 3.82. The van der Waals surface area contributed by atoms with Gasteiger partial charge in [-0.05, 0) is 32.9 Å². The van der Waals surface area contributed by atoms with E-state index >= 15 is 0 Å². The molecule has 2 heterocycles. The lowest BCUT2D eigenvalue weighted by Gasteiger charge is -2.37. The van der Waals surface area contributed by atoms with Crippen LogP contribution < -0.4 is 5.32 Å². The van der Waals surface area contributed by atoms with Crippen molar-refractivity contribution in [2.45, 2.75) is 31.5 Å². The Bertz CT molecular complexity index is 705. The fourth-order valence-electron chi connectivity index (χ4n) is 2.95. The third-order valence-electron chi connectivity index (χ3n) is 4.23. The van der Waals surface area contributed by atoms with E-state index in [-0.39, 0.29) is 24.0 Å². The van der Waals surface area contributed by atoms with Crippen LogP contribution in [0.15, 0.2) is 17.8 Å². The molecule has 3 rings (SSSR count). The molecule has 0 radical (unpaired) electrons. The zero-order chi connectivity index (χ0) is 17.3. The summed E-state index contributed by atoms with van der Waals surface area (Å²) < 4.78 is 1.72. The first-order chi connectivity index (χ1) is 11.4. The van der Waals surface area contributed by atoms with Crippen molar-refractivity contribution in [1.29, 1.82) is 0 Å². The Hall–Kier alpha value is -1.77. The fourth-order valence-corrected chi connectivity index (χ4v) is 3.84. The number of hydrogen-bond acceptors (Lipinski definition) is 6. The second-order valence-corrected chi connectivity index (χ2v) is 7.59. The van der Waals surface area contributed by atoms with E-state index in [1.807, 2.05) is 32.2 Å². The summed E-state index contributed by atoms with van der Waals surface area (Å²) in [5.41, 5.74) is 1.41. The molecule has 0 saturated heterocycles. The highest BCUT2D eigenvalue weighted by Crippen LogP contribution is 2.38. The van der Waals surface area contributed by atoms with Gasteiger partial charge in [0.05, 0.1) is 18.3 Å². The standard InChI is InChI=1S/C16H23N5O2S/c1-20(2)8-14-18-13(9-24-14)16(23)19-15(10-4-12(22)5-10)11-6-17-21(3)7-11/h6-7,9-10,12,15,22H,4-5,8H2,1-3H3,(H,19,23)/t10?,12?,15-/m1/s1. The van der Waals surface area contributed by atoms with Crippen molar-refractivity contribution in [3.8, 4) is 0 Å². The predicted octanol–water partition coefficient (Wildman–Crippen LogP) is 1.18. The van der Waals surface area contributed by atoms with Crippen LogP contribution in [0.1, 0.15) is 39.9 Å². The van der Waals surface area contributed by atoms with Crippen LogP contribution in [0.4, 0.5) is 0 Å². The fraction of sp³-hybridized carbons (Fsp3) is 0.562. The molecule has 0 aliphatic heterocycles. The second-order valence-electron chi connectivity index (χ2n) is 6.65. The molecule has 8 heteroatoms. The molecule has 2 N–H and O–H groups in total. The molecule has 1 saturated carbocycles. The molecule has 0 bridgehead atoms. The molecule has 0 aromatic carbocycles. The maximum atomic E-state index is 12.6. The lowest BCUT2D eigenvalue weighted by Crippen LogP contribution is -2.41. The van der Waals surface area contributed by atoms with Gasteiger partial charge in [0.15, 0.2) is 0 Å². The SMILES string of the molecule is CN(C)Cc1nc(C(=O)N[C@@H](c2cnn(C)c2)C2CC(O)C2)cs1. The highest BCUT2D eigenvalue weighted by Gasteiger charge is 2.36. The van der Waals surface area contributed by atoms with Crippen LogP contribution in [0, 0.1) is 5.92 Å². The predicted molar refractivity (Wildman–Crippen MR) is 91.7 cm³/mol. The van der Waals surface area contributed by atoms with E-state index in [0.717, 1.165) is 17.1 Å². The van der Waals surface area contributed by atoms with Gasteiger partial charge in [-0.25, -0.2) is 4.98 Å². The number of rotatable bonds is 6. The van der Waals surface area contributed by atoms with Gasteiger partial charge in [-0.1, -0.05) is 0 Å². The summed E-state index contributed by atoms with van der Waals surface area (Å²) in [5, 5.41) is 19.6. The molecule has 1 fully saturated rings. The van der Waals surface area contributed by atoms with Gasteiger partial charge in [0, 0.05) is 30.7 Å². The molecule has 1 aliphatic carbocycles. The second kappa shape index (κ2) is 7.00. The number of carbonyl (C=O) groups excluding carboxylic acids is 1. The lowest BCUT2D eigenvalue weighted by molar-refractivity contribution is 0.0234. The van der Waals surface area contributed by atoms with Crippen molar-refractivity contribution in [2.24, 2.45) is 13.0 Å². The van der Waals surface area contributed by atoms with Crippen LogP contribution in [0.25, 0.3) is 0 Å². The minimum Gasteiger partial charge on any atom is -0.393 e. The number of aromatic nitrogens is 3. The van der Waals surface area contributed by atoms with Crippen molar-refractivity contribution in [2.75, 3.05) is 14.1 Å². The molecular weight excluding hydrogens is 326 g/mol. The number of carbonyl (C=O) groups is 1. The summed E-state index contributed by atoms with van der Waals surface area (Å²) >= 11 is 1.49. The normalized spacial score (nSPS) is 21.5. The monoisotopic (exact) mass is 349 g/mol. The Kier molecular flexibility index (Phi) is 4.98. The number of aryl methyl sites for hydroxylation is 1. The molecule has 0 unspecified atom stereocenters. The molecule has 7 nitrogen and oxygen atoms in total. The highest BCUT2D eigenvalue weighted by molar-refractivity contribution is 7.09. The van der Waals surface area contributed by atoms with Crippen LogP contribution in [0.5, 0.6) is 0 Å². The average Bonchev–Trinajstić information content (AvgIpc) is 3.10. The van der Waals surface area contributed by atoms with Crippen LogP contribution in [0.2, 0.25) is 0 Å². The van der Waals surface area contributed by atoms with Crippen LogP contribution in [0.3, 0.4) is 0 Å². The van der Waals surface area contributed by atoms with Crippen molar-refractivity contribution in [1.82, 2.24) is 25.0 Å². The van der Waals surface area contributed by atoms with Gasteiger partial charge in [-0.15, -0.1) is 11.3 Å². The maximum absolute atomic E-state index is 12.6. The van der Waals surface area contributed by atoms with E-state index in [1.165, 1.54) is 11.3 Å². The van der Waals surface area contributed by atoms with E-state index in [4.69, 9.17) is 0 Å². The smallest absolute Gasteiger partial charge is 0.271 e. The Morgan fingerprint density at radius 1 is 1.54 bits per heavy atom. The number of hydrogen-bond donors (Lipinski definition) is 2. The van der Waals surface area contributed by atoms with Gasteiger partial charge in [0.25, 0.3) is 5.91 Å². The Morgan fingerprint density at radius 3 is 2.88 bits per heavy atom. The summed E-state index contributed by atoms with van der Waals surface area (Å²) in [4.78, 5) is 19.0. The first-order valence-corrected chi connectivity index (χ1v) is 8.87. The van der Waals surface area contributed by atoms with Gasteiger partial charge in [0.1, 0.15) is 10.7 Å². The molecular formula is C16H23N5O2S. The highest BCUT2D eigenvalue weighted by atomic mass is 32.1. The number of thiazole rings is 1. The Morgan fingerprint density at radius 2 is 2.29 bits per heavy atom. The van der Waals surface area contributed by atoms with Gasteiger partial charge in [-0.2, -0.15) is 5.10 Å². The van der Waals surface area contributed by atoms with E-state index in [1.54, 1.807) is 16.3 Å². The lowest BCUT2D eigenvalue weighted by atomic mass is 9.75. The summed E-state index contributed by atoms with van der Waals surface area (Å²) in [6.07, 6.45) is 4.81. The first-order valence-electron chi connectivity index (χ1n) is 7.99. The number of aliphatic hydroxyl groups excluding tert-OH is 1. The molecule has 2 aromatic rings. The van der Waals surface area contributed by atoms with Crippen molar-refractivity contribution in [3.63, 3.8) is 0 Å².